The molecule has 98 valence electrons. The summed E-state index contributed by atoms with van der Waals surface area (Å²) >= 11 is 0. The van der Waals surface area contributed by atoms with Crippen molar-refractivity contribution in [2.24, 2.45) is 0 Å². The van der Waals surface area contributed by atoms with Gasteiger partial charge in [0.25, 0.3) is 5.91 Å². The third kappa shape index (κ3) is 3.38. The smallest absolute Gasteiger partial charge is 0.255 e. The van der Waals surface area contributed by atoms with Gasteiger partial charge in [0.15, 0.2) is 5.82 Å². The molecule has 7 nitrogen and oxygen atoms in total. The molecular weight excluding hydrogens is 246 g/mol. The number of amides is 1. The second-order valence-corrected chi connectivity index (χ2v) is 3.61. The summed E-state index contributed by atoms with van der Waals surface area (Å²) in [7, 11) is 0. The number of nitrogens with zero attached hydrogens (tertiary/aromatic N) is 3. The van der Waals surface area contributed by atoms with Crippen LogP contribution in [-0.2, 0) is 6.54 Å². The van der Waals surface area contributed by atoms with Crippen molar-refractivity contribution in [3.63, 3.8) is 0 Å². The maximum absolute atomic E-state index is 12.0. The minimum atomic E-state index is -0.260. The highest BCUT2D eigenvalue weighted by Crippen LogP contribution is 2.17. The summed E-state index contributed by atoms with van der Waals surface area (Å²) < 4.78 is 5.42. The molecule has 0 aliphatic rings. The molecule has 0 saturated carbocycles. The zero-order chi connectivity index (χ0) is 13.5. The molecule has 0 aliphatic carbocycles. The van der Waals surface area contributed by atoms with Gasteiger partial charge < -0.3 is 10.1 Å². The van der Waals surface area contributed by atoms with Crippen molar-refractivity contribution in [3.8, 4) is 5.75 Å². The van der Waals surface area contributed by atoms with E-state index in [4.69, 9.17) is 4.74 Å². The van der Waals surface area contributed by atoms with E-state index in [2.05, 4.69) is 32.5 Å². The van der Waals surface area contributed by atoms with Gasteiger partial charge in [-0.05, 0) is 12.1 Å². The Morgan fingerprint density at radius 1 is 1.47 bits per heavy atom. The molecule has 2 aromatic rings. The lowest BCUT2D eigenvalue weighted by Gasteiger charge is -2.09. The zero-order valence-corrected chi connectivity index (χ0v) is 10.2. The third-order valence-electron chi connectivity index (χ3n) is 2.28. The minimum Gasteiger partial charge on any atom is -0.489 e. The summed E-state index contributed by atoms with van der Waals surface area (Å²) in [5, 5.41) is 15.9. The summed E-state index contributed by atoms with van der Waals surface area (Å²) in [6, 6.07) is 6.98. The average molecular weight is 259 g/mol. The number of aromatic nitrogens is 4. The largest absolute Gasteiger partial charge is 0.489 e. The van der Waals surface area contributed by atoms with Crippen molar-refractivity contribution in [1.82, 2.24) is 25.9 Å². The Kier molecular flexibility index (Phi) is 4.22. The normalized spacial score (nSPS) is 9.89. The highest BCUT2D eigenvalue weighted by atomic mass is 16.5. The first-order chi connectivity index (χ1) is 9.31. The van der Waals surface area contributed by atoms with Crippen LogP contribution in [0.1, 0.15) is 16.2 Å². The summed E-state index contributed by atoms with van der Waals surface area (Å²) in [5.41, 5.74) is 0.452. The SMILES string of the molecule is C=CCOc1ccccc1C(=O)NCc1nn[nH]n1. The Morgan fingerprint density at radius 3 is 3.05 bits per heavy atom. The highest BCUT2D eigenvalue weighted by Gasteiger charge is 2.12. The van der Waals surface area contributed by atoms with E-state index in [1.165, 1.54) is 0 Å². The predicted molar refractivity (Wildman–Crippen MR) is 67.5 cm³/mol. The second kappa shape index (κ2) is 6.29. The fourth-order valence-corrected chi connectivity index (χ4v) is 1.44. The molecule has 0 fully saturated rings. The third-order valence-corrected chi connectivity index (χ3v) is 2.28. The molecule has 0 spiro atoms. The maximum Gasteiger partial charge on any atom is 0.255 e. The average Bonchev–Trinajstić information content (AvgIpc) is 2.96. The first kappa shape index (κ1) is 12.7. The fraction of sp³-hybridized carbons (Fsp3) is 0.167. The van der Waals surface area contributed by atoms with Crippen LogP contribution in [0.4, 0.5) is 0 Å². The lowest BCUT2D eigenvalue weighted by Crippen LogP contribution is -2.24. The van der Waals surface area contributed by atoms with Gasteiger partial charge in [0.1, 0.15) is 12.4 Å². The number of carbonyl (C=O) groups excluding carboxylic acids is 1. The molecule has 1 amide bonds. The number of hydrogen-bond acceptors (Lipinski definition) is 5. The van der Waals surface area contributed by atoms with Crippen LogP contribution in [0, 0.1) is 0 Å². The Hall–Kier alpha value is -2.70. The van der Waals surface area contributed by atoms with Gasteiger partial charge in [0, 0.05) is 0 Å². The van der Waals surface area contributed by atoms with Crippen molar-refractivity contribution in [2.75, 3.05) is 6.61 Å². The van der Waals surface area contributed by atoms with Crippen molar-refractivity contribution in [1.29, 1.82) is 0 Å². The van der Waals surface area contributed by atoms with E-state index in [1.54, 1.807) is 30.3 Å². The zero-order valence-electron chi connectivity index (χ0n) is 10.2. The number of rotatable bonds is 6. The molecular formula is C12H13N5O2. The van der Waals surface area contributed by atoms with E-state index in [9.17, 15) is 4.79 Å². The van der Waals surface area contributed by atoms with Crippen molar-refractivity contribution < 1.29 is 9.53 Å². The van der Waals surface area contributed by atoms with Crippen LogP contribution in [0.25, 0.3) is 0 Å². The molecule has 2 rings (SSSR count). The van der Waals surface area contributed by atoms with Gasteiger partial charge in [-0.1, -0.05) is 30.0 Å². The Bertz CT molecular complexity index is 553. The monoisotopic (exact) mass is 259 g/mol. The van der Waals surface area contributed by atoms with Crippen LogP contribution in [0.3, 0.4) is 0 Å². The van der Waals surface area contributed by atoms with Crippen molar-refractivity contribution in [2.45, 2.75) is 6.54 Å². The molecule has 0 unspecified atom stereocenters. The van der Waals surface area contributed by atoms with E-state index in [-0.39, 0.29) is 12.5 Å². The summed E-state index contributed by atoms with van der Waals surface area (Å²) in [6.45, 7) is 4.11. The Morgan fingerprint density at radius 2 is 2.32 bits per heavy atom. The number of benzene rings is 1. The molecule has 7 heteroatoms. The number of para-hydroxylation sites is 1. The number of aromatic amines is 1. The molecule has 1 aromatic heterocycles. The molecule has 0 atom stereocenters. The number of ether oxygens (including phenoxy) is 1. The van der Waals surface area contributed by atoms with Gasteiger partial charge in [-0.3, -0.25) is 4.79 Å². The van der Waals surface area contributed by atoms with Crippen molar-refractivity contribution >= 4 is 5.91 Å². The topological polar surface area (TPSA) is 92.8 Å². The molecule has 0 aliphatic heterocycles. The molecule has 0 bridgehead atoms. The van der Waals surface area contributed by atoms with Gasteiger partial charge in [-0.15, -0.1) is 10.2 Å². The van der Waals surface area contributed by atoms with E-state index in [0.717, 1.165) is 0 Å². The molecule has 1 aromatic carbocycles. The van der Waals surface area contributed by atoms with Gasteiger partial charge in [0.05, 0.1) is 12.1 Å². The number of nitrogens with one attached hydrogen (secondary N) is 2. The van der Waals surface area contributed by atoms with Gasteiger partial charge in [0.2, 0.25) is 0 Å². The number of carbonyl (C=O) groups is 1. The van der Waals surface area contributed by atoms with Gasteiger partial charge in [-0.2, -0.15) is 5.21 Å². The number of hydrogen-bond donors (Lipinski definition) is 2. The van der Waals surface area contributed by atoms with E-state index in [0.29, 0.717) is 23.7 Å². The van der Waals surface area contributed by atoms with E-state index >= 15 is 0 Å². The Balaban J connectivity index is 2.03. The maximum atomic E-state index is 12.0. The molecule has 1 heterocycles. The van der Waals surface area contributed by atoms with E-state index in [1.807, 2.05) is 0 Å². The van der Waals surface area contributed by atoms with Crippen LogP contribution in [-0.4, -0.2) is 33.1 Å². The van der Waals surface area contributed by atoms with E-state index < -0.39 is 0 Å². The molecule has 2 N–H and O–H groups in total. The fourth-order valence-electron chi connectivity index (χ4n) is 1.44. The van der Waals surface area contributed by atoms with Gasteiger partial charge >= 0.3 is 0 Å². The molecule has 0 radical (unpaired) electrons. The summed E-state index contributed by atoms with van der Waals surface area (Å²) in [4.78, 5) is 12.0. The summed E-state index contributed by atoms with van der Waals surface area (Å²) in [5.74, 6) is 0.662. The highest BCUT2D eigenvalue weighted by molar-refractivity contribution is 5.96. The lowest BCUT2D eigenvalue weighted by atomic mass is 10.2. The standard InChI is InChI=1S/C12H13N5O2/c1-2-7-19-10-6-4-3-5-9(10)12(18)13-8-11-14-16-17-15-11/h2-6H,1,7-8H2,(H,13,18)(H,14,15,16,17). The van der Waals surface area contributed by atoms with Gasteiger partial charge in [-0.25, -0.2) is 0 Å². The van der Waals surface area contributed by atoms with Crippen LogP contribution >= 0.6 is 0 Å². The van der Waals surface area contributed by atoms with Crippen molar-refractivity contribution in [3.05, 3.63) is 48.3 Å². The second-order valence-electron chi connectivity index (χ2n) is 3.61. The van der Waals surface area contributed by atoms with Crippen LogP contribution < -0.4 is 10.1 Å². The quantitative estimate of drug-likeness (QED) is 0.745. The summed E-state index contributed by atoms with van der Waals surface area (Å²) in [6.07, 6.45) is 1.62. The number of H-pyrrole nitrogens is 1. The predicted octanol–water partition coefficient (Wildman–Crippen LogP) is 0.695. The first-order valence-corrected chi connectivity index (χ1v) is 5.64. The van der Waals surface area contributed by atoms with Crippen LogP contribution in [0.2, 0.25) is 0 Å². The van der Waals surface area contributed by atoms with Crippen LogP contribution in [0.5, 0.6) is 5.75 Å². The molecule has 0 saturated heterocycles. The van der Waals surface area contributed by atoms with Crippen LogP contribution in [0.15, 0.2) is 36.9 Å². The Labute approximate surface area is 109 Å². The molecule has 19 heavy (non-hydrogen) atoms. The minimum absolute atomic E-state index is 0.200. The lowest BCUT2D eigenvalue weighted by molar-refractivity contribution is 0.0946. The first-order valence-electron chi connectivity index (χ1n) is 5.64. The number of tetrazole rings is 1.